The smallest absolute Gasteiger partial charge is 0.325 e. The Morgan fingerprint density at radius 3 is 2.67 bits per heavy atom. The number of carbonyl (C=O) groups excluding carboxylic acids is 3. The van der Waals surface area contributed by atoms with Crippen molar-refractivity contribution in [2.75, 3.05) is 19.6 Å². The van der Waals surface area contributed by atoms with Crippen LogP contribution in [0.25, 0.3) is 0 Å². The Hall–Kier alpha value is -2.41. The average molecular weight is 370 g/mol. The molecule has 0 radical (unpaired) electrons. The van der Waals surface area contributed by atoms with E-state index < -0.39 is 11.6 Å². The molecule has 1 saturated carbocycles. The van der Waals surface area contributed by atoms with Crippen molar-refractivity contribution in [3.05, 3.63) is 35.9 Å². The topological polar surface area (TPSA) is 81.8 Å². The monoisotopic (exact) mass is 370 g/mol. The maximum atomic E-state index is 12.6. The van der Waals surface area contributed by atoms with Crippen LogP contribution >= 0.6 is 0 Å². The molecule has 7 nitrogen and oxygen atoms in total. The molecular formula is C20H26N4O3. The zero-order valence-electron chi connectivity index (χ0n) is 15.6. The summed E-state index contributed by atoms with van der Waals surface area (Å²) in [5, 5.41) is 5.75. The number of nitrogens with zero attached hydrogens (tertiary/aromatic N) is 2. The first kappa shape index (κ1) is 18.0. The van der Waals surface area contributed by atoms with Crippen molar-refractivity contribution < 1.29 is 14.4 Å². The van der Waals surface area contributed by atoms with Crippen molar-refractivity contribution in [2.45, 2.75) is 44.3 Å². The highest BCUT2D eigenvalue weighted by atomic mass is 16.2. The van der Waals surface area contributed by atoms with Crippen molar-refractivity contribution in [1.29, 1.82) is 0 Å². The van der Waals surface area contributed by atoms with E-state index in [2.05, 4.69) is 27.7 Å². The third-order valence-corrected chi connectivity index (χ3v) is 5.88. The lowest BCUT2D eigenvalue weighted by atomic mass is 9.96. The number of rotatable bonds is 6. The molecule has 2 heterocycles. The number of urea groups is 1. The SMILES string of the molecule is C[C@@]1(C2CC2)NC(=O)N(CC(=O)N[C@@H]2CCN(Cc3ccccc3)C2)C1=O. The summed E-state index contributed by atoms with van der Waals surface area (Å²) >= 11 is 0. The predicted molar refractivity (Wildman–Crippen MR) is 99.6 cm³/mol. The Kier molecular flexibility index (Phi) is 4.63. The Labute approximate surface area is 159 Å². The van der Waals surface area contributed by atoms with Crippen LogP contribution in [0.3, 0.4) is 0 Å². The van der Waals surface area contributed by atoms with Gasteiger partial charge in [0.05, 0.1) is 0 Å². The molecule has 1 aromatic carbocycles. The van der Waals surface area contributed by atoms with Crippen molar-refractivity contribution in [3.63, 3.8) is 0 Å². The van der Waals surface area contributed by atoms with Crippen molar-refractivity contribution in [3.8, 4) is 0 Å². The molecule has 7 heteroatoms. The Balaban J connectivity index is 1.27. The van der Waals surface area contributed by atoms with Gasteiger partial charge in [-0.1, -0.05) is 30.3 Å². The first-order valence-electron chi connectivity index (χ1n) is 9.65. The zero-order valence-corrected chi connectivity index (χ0v) is 15.6. The second kappa shape index (κ2) is 6.96. The van der Waals surface area contributed by atoms with E-state index in [0.29, 0.717) is 0 Å². The number of likely N-dealkylation sites (tertiary alicyclic amines) is 1. The van der Waals surface area contributed by atoms with Crippen LogP contribution in [-0.4, -0.2) is 58.9 Å². The highest BCUT2D eigenvalue weighted by Gasteiger charge is 2.56. The van der Waals surface area contributed by atoms with Gasteiger partial charge in [-0.25, -0.2) is 4.79 Å². The normalized spacial score (nSPS) is 28.5. The molecule has 0 unspecified atom stereocenters. The standard InChI is InChI=1S/C20H26N4O3/c1-20(15-7-8-15)18(26)24(19(27)22-20)13-17(25)21-16-9-10-23(12-16)11-14-5-3-2-4-6-14/h2-6,15-16H,7-13H2,1H3,(H,21,25)(H,22,27)/t16-,20+/m1/s1. The molecule has 27 heavy (non-hydrogen) atoms. The van der Waals surface area contributed by atoms with Crippen molar-refractivity contribution >= 4 is 17.8 Å². The summed E-state index contributed by atoms with van der Waals surface area (Å²) in [7, 11) is 0. The Morgan fingerprint density at radius 2 is 1.96 bits per heavy atom. The molecule has 1 aliphatic carbocycles. The van der Waals surface area contributed by atoms with E-state index in [4.69, 9.17) is 0 Å². The number of nitrogens with one attached hydrogen (secondary N) is 2. The highest BCUT2D eigenvalue weighted by molar-refractivity contribution is 6.09. The van der Waals surface area contributed by atoms with Gasteiger partial charge in [0.25, 0.3) is 5.91 Å². The highest BCUT2D eigenvalue weighted by Crippen LogP contribution is 2.42. The van der Waals surface area contributed by atoms with Gasteiger partial charge in [-0.15, -0.1) is 0 Å². The van der Waals surface area contributed by atoms with E-state index >= 15 is 0 Å². The third-order valence-electron chi connectivity index (χ3n) is 5.88. The fourth-order valence-corrected chi connectivity index (χ4v) is 4.15. The number of imide groups is 1. The minimum Gasteiger partial charge on any atom is -0.350 e. The summed E-state index contributed by atoms with van der Waals surface area (Å²) in [6.07, 6.45) is 2.77. The molecule has 144 valence electrons. The Bertz CT molecular complexity index is 749. The summed E-state index contributed by atoms with van der Waals surface area (Å²) in [5.74, 6) is -0.351. The van der Waals surface area contributed by atoms with E-state index in [1.165, 1.54) is 5.56 Å². The van der Waals surface area contributed by atoms with Crippen LogP contribution < -0.4 is 10.6 Å². The van der Waals surface area contributed by atoms with Crippen molar-refractivity contribution in [2.24, 2.45) is 5.92 Å². The first-order valence-corrected chi connectivity index (χ1v) is 9.65. The van der Waals surface area contributed by atoms with Gasteiger partial charge < -0.3 is 10.6 Å². The molecule has 3 fully saturated rings. The Morgan fingerprint density at radius 1 is 1.22 bits per heavy atom. The van der Waals surface area contributed by atoms with Gasteiger partial charge in [-0.3, -0.25) is 19.4 Å². The fourth-order valence-electron chi connectivity index (χ4n) is 4.15. The summed E-state index contributed by atoms with van der Waals surface area (Å²) in [5.41, 5.74) is 0.417. The fraction of sp³-hybridized carbons (Fsp3) is 0.550. The lowest BCUT2D eigenvalue weighted by Crippen LogP contribution is -2.48. The number of amides is 4. The molecule has 0 bridgehead atoms. The van der Waals surface area contributed by atoms with E-state index in [1.807, 2.05) is 18.2 Å². The van der Waals surface area contributed by atoms with E-state index in [9.17, 15) is 14.4 Å². The summed E-state index contributed by atoms with van der Waals surface area (Å²) in [4.78, 5) is 40.5. The third kappa shape index (κ3) is 3.69. The minimum absolute atomic E-state index is 0.0526. The largest absolute Gasteiger partial charge is 0.350 e. The lowest BCUT2D eigenvalue weighted by Gasteiger charge is -2.21. The molecule has 2 aliphatic heterocycles. The molecule has 4 amide bonds. The van der Waals surface area contributed by atoms with Crippen LogP contribution in [0.15, 0.2) is 30.3 Å². The molecule has 0 spiro atoms. The predicted octanol–water partition coefficient (Wildman–Crippen LogP) is 1.10. The zero-order chi connectivity index (χ0) is 19.0. The van der Waals surface area contributed by atoms with Crippen LogP contribution in [0, 0.1) is 5.92 Å². The van der Waals surface area contributed by atoms with Gasteiger partial charge >= 0.3 is 6.03 Å². The first-order chi connectivity index (χ1) is 13.0. The van der Waals surface area contributed by atoms with Gasteiger partial charge in [0.2, 0.25) is 5.91 Å². The van der Waals surface area contributed by atoms with Crippen molar-refractivity contribution in [1.82, 2.24) is 20.4 Å². The number of hydrogen-bond acceptors (Lipinski definition) is 4. The molecule has 2 atom stereocenters. The van der Waals surface area contributed by atoms with Crippen LogP contribution in [0.2, 0.25) is 0 Å². The summed E-state index contributed by atoms with van der Waals surface area (Å²) in [6.45, 7) is 4.12. The molecule has 0 aromatic heterocycles. The minimum atomic E-state index is -0.836. The number of hydrogen-bond donors (Lipinski definition) is 2. The summed E-state index contributed by atoms with van der Waals surface area (Å²) < 4.78 is 0. The van der Waals surface area contributed by atoms with Crippen LogP contribution in [-0.2, 0) is 16.1 Å². The van der Waals surface area contributed by atoms with Gasteiger partial charge in [0, 0.05) is 25.7 Å². The maximum absolute atomic E-state index is 12.6. The average Bonchev–Trinajstić information content (AvgIpc) is 3.38. The van der Waals surface area contributed by atoms with Crippen LogP contribution in [0.5, 0.6) is 0 Å². The summed E-state index contributed by atoms with van der Waals surface area (Å²) in [6, 6.07) is 9.84. The maximum Gasteiger partial charge on any atom is 0.325 e. The van der Waals surface area contributed by atoms with Gasteiger partial charge in [-0.2, -0.15) is 0 Å². The molecule has 1 aromatic rings. The van der Waals surface area contributed by atoms with Gasteiger partial charge in [-0.05, 0) is 37.7 Å². The van der Waals surface area contributed by atoms with Gasteiger partial charge in [0.1, 0.15) is 12.1 Å². The molecule has 4 rings (SSSR count). The molecular weight excluding hydrogens is 344 g/mol. The second-order valence-electron chi connectivity index (χ2n) is 8.07. The van der Waals surface area contributed by atoms with Gasteiger partial charge in [0.15, 0.2) is 0 Å². The number of benzene rings is 1. The van der Waals surface area contributed by atoms with E-state index in [1.54, 1.807) is 6.92 Å². The number of carbonyl (C=O) groups is 3. The van der Waals surface area contributed by atoms with Crippen LogP contribution in [0.4, 0.5) is 4.79 Å². The lowest BCUT2D eigenvalue weighted by molar-refractivity contribution is -0.135. The second-order valence-corrected chi connectivity index (χ2v) is 8.07. The van der Waals surface area contributed by atoms with Crippen LogP contribution in [0.1, 0.15) is 31.7 Å². The van der Waals surface area contributed by atoms with E-state index in [0.717, 1.165) is 43.8 Å². The molecule has 3 aliphatic rings. The molecule has 2 saturated heterocycles. The van der Waals surface area contributed by atoms with E-state index in [-0.39, 0.29) is 30.3 Å². The quantitative estimate of drug-likeness (QED) is 0.735. The molecule has 2 N–H and O–H groups in total.